The fraction of sp³-hybridized carbons (Fsp3) is 0.500. The molecule has 0 fully saturated rings. The topological polar surface area (TPSA) is 38.7 Å². The van der Waals surface area contributed by atoms with Gasteiger partial charge in [-0.15, -0.1) is 0 Å². The van der Waals surface area contributed by atoms with Crippen molar-refractivity contribution in [2.75, 3.05) is 6.67 Å². The van der Waals surface area contributed by atoms with Crippen LogP contribution < -0.4 is 0 Å². The average Bonchev–Trinajstić information content (AvgIpc) is 2.07. The van der Waals surface area contributed by atoms with Gasteiger partial charge in [0, 0.05) is 0 Å². The number of aromatic nitrogens is 3. The van der Waals surface area contributed by atoms with Crippen LogP contribution in [0.2, 0.25) is 0 Å². The van der Waals surface area contributed by atoms with Crippen LogP contribution >= 0.6 is 0 Å². The third kappa shape index (κ3) is 1.90. The lowest BCUT2D eigenvalue weighted by atomic mass is 10.1. The highest BCUT2D eigenvalue weighted by Crippen LogP contribution is 2.19. The average molecular weight is 177 g/mol. The Morgan fingerprint density at radius 2 is 1.83 bits per heavy atom. The van der Waals surface area contributed by atoms with Crippen molar-refractivity contribution in [3.63, 3.8) is 0 Å². The summed E-state index contributed by atoms with van der Waals surface area (Å²) in [7, 11) is 0. The van der Waals surface area contributed by atoms with Gasteiger partial charge >= 0.3 is 0 Å². The second kappa shape index (κ2) is 3.99. The van der Waals surface area contributed by atoms with Crippen molar-refractivity contribution in [3.8, 4) is 0 Å². The number of hydrogen-bond acceptors (Lipinski definition) is 3. The first kappa shape index (κ1) is 8.89. The van der Waals surface area contributed by atoms with E-state index in [1.165, 1.54) is 0 Å². The summed E-state index contributed by atoms with van der Waals surface area (Å²) in [6.45, 7) is -1.16. The molecule has 1 atom stereocenters. The molecular formula is C6H6F3N3. The third-order valence-electron chi connectivity index (χ3n) is 1.32. The predicted molar refractivity (Wildman–Crippen MR) is 34.5 cm³/mol. The maximum Gasteiger partial charge on any atom is 0.251 e. The summed E-state index contributed by atoms with van der Waals surface area (Å²) in [5.74, 6) is -1.74. The van der Waals surface area contributed by atoms with E-state index in [0.717, 1.165) is 12.7 Å². The van der Waals surface area contributed by atoms with E-state index in [0.29, 0.717) is 0 Å². The molecule has 0 aliphatic carbocycles. The molecule has 1 rings (SSSR count). The van der Waals surface area contributed by atoms with Gasteiger partial charge in [-0.2, -0.15) is 0 Å². The Bertz CT molecular complexity index is 229. The molecule has 0 N–H and O–H groups in total. The van der Waals surface area contributed by atoms with Crippen molar-refractivity contribution in [2.24, 2.45) is 0 Å². The van der Waals surface area contributed by atoms with Gasteiger partial charge < -0.3 is 0 Å². The zero-order valence-electron chi connectivity index (χ0n) is 5.99. The molecule has 0 aromatic carbocycles. The van der Waals surface area contributed by atoms with E-state index in [1.807, 2.05) is 0 Å². The van der Waals surface area contributed by atoms with E-state index in [4.69, 9.17) is 0 Å². The molecule has 0 amide bonds. The first-order chi connectivity index (χ1) is 5.75. The second-order valence-corrected chi connectivity index (χ2v) is 2.09. The zero-order chi connectivity index (χ0) is 8.97. The normalized spacial score (nSPS) is 13.3. The number of hydrogen-bond donors (Lipinski definition) is 0. The number of nitrogens with zero attached hydrogens (tertiary/aromatic N) is 3. The number of halogens is 3. The van der Waals surface area contributed by atoms with Crippen LogP contribution in [0, 0.1) is 0 Å². The van der Waals surface area contributed by atoms with E-state index in [1.54, 1.807) is 0 Å². The lowest BCUT2D eigenvalue weighted by molar-refractivity contribution is 0.0971. The van der Waals surface area contributed by atoms with Crippen LogP contribution in [-0.2, 0) is 0 Å². The van der Waals surface area contributed by atoms with E-state index >= 15 is 0 Å². The van der Waals surface area contributed by atoms with Crippen LogP contribution in [0.15, 0.2) is 12.7 Å². The lowest BCUT2D eigenvalue weighted by Crippen LogP contribution is -2.14. The van der Waals surface area contributed by atoms with Gasteiger partial charge in [-0.1, -0.05) is 0 Å². The smallest absolute Gasteiger partial charge is 0.250 e. The van der Waals surface area contributed by atoms with Gasteiger partial charge in [-0.3, -0.25) is 4.39 Å². The molecule has 0 aliphatic rings. The Balaban J connectivity index is 2.80. The summed E-state index contributed by atoms with van der Waals surface area (Å²) < 4.78 is 36.1. The van der Waals surface area contributed by atoms with E-state index in [9.17, 15) is 13.2 Å². The van der Waals surface area contributed by atoms with Crippen LogP contribution in [0.5, 0.6) is 0 Å². The Morgan fingerprint density at radius 3 is 2.25 bits per heavy atom. The molecule has 3 nitrogen and oxygen atoms in total. The van der Waals surface area contributed by atoms with Crippen LogP contribution in [0.3, 0.4) is 0 Å². The van der Waals surface area contributed by atoms with Gasteiger partial charge in [-0.05, 0) is 0 Å². The lowest BCUT2D eigenvalue weighted by Gasteiger charge is -2.08. The molecule has 66 valence electrons. The highest BCUT2D eigenvalue weighted by molar-refractivity contribution is 4.94. The summed E-state index contributed by atoms with van der Waals surface area (Å²) in [4.78, 5) is 10.3. The van der Waals surface area contributed by atoms with Gasteiger partial charge in [0.1, 0.15) is 31.1 Å². The Morgan fingerprint density at radius 1 is 1.25 bits per heavy atom. The standard InChI is InChI=1S/C6H6F3N3/c7-1-4(5(8)9)6-11-2-10-3-12-6/h2-5H,1H2. The predicted octanol–water partition coefficient (Wildman–Crippen LogP) is 1.19. The van der Waals surface area contributed by atoms with E-state index < -0.39 is 19.0 Å². The van der Waals surface area contributed by atoms with Crippen molar-refractivity contribution in [1.29, 1.82) is 0 Å². The molecule has 12 heavy (non-hydrogen) atoms. The van der Waals surface area contributed by atoms with Crippen LogP contribution in [0.4, 0.5) is 13.2 Å². The third-order valence-corrected chi connectivity index (χ3v) is 1.32. The molecule has 1 aromatic rings. The van der Waals surface area contributed by atoms with Crippen molar-refractivity contribution in [1.82, 2.24) is 15.0 Å². The van der Waals surface area contributed by atoms with Gasteiger partial charge in [0.25, 0.3) is 6.43 Å². The molecule has 1 unspecified atom stereocenters. The van der Waals surface area contributed by atoms with Crippen LogP contribution in [-0.4, -0.2) is 28.1 Å². The fourth-order valence-electron chi connectivity index (χ4n) is 0.689. The maximum atomic E-state index is 12.0. The van der Waals surface area contributed by atoms with Gasteiger partial charge in [0.2, 0.25) is 0 Å². The minimum absolute atomic E-state index is 0.206. The molecule has 0 bridgehead atoms. The molecule has 1 aromatic heterocycles. The van der Waals surface area contributed by atoms with Crippen molar-refractivity contribution >= 4 is 0 Å². The molecule has 6 heteroatoms. The molecule has 0 saturated carbocycles. The Hall–Kier alpha value is -1.20. The Kier molecular flexibility index (Phi) is 2.95. The van der Waals surface area contributed by atoms with Gasteiger partial charge in [0.15, 0.2) is 0 Å². The number of alkyl halides is 3. The maximum absolute atomic E-state index is 12.0. The Labute approximate surface area is 66.7 Å². The highest BCUT2D eigenvalue weighted by atomic mass is 19.3. The molecule has 0 spiro atoms. The molecule has 0 radical (unpaired) electrons. The fourth-order valence-corrected chi connectivity index (χ4v) is 0.689. The van der Waals surface area contributed by atoms with Crippen molar-refractivity contribution in [2.45, 2.75) is 12.3 Å². The minimum atomic E-state index is -2.78. The van der Waals surface area contributed by atoms with Crippen molar-refractivity contribution in [3.05, 3.63) is 18.5 Å². The first-order valence-corrected chi connectivity index (χ1v) is 3.21. The molecule has 0 aliphatic heterocycles. The molecular weight excluding hydrogens is 171 g/mol. The summed E-state index contributed by atoms with van der Waals surface area (Å²) in [5.41, 5.74) is 0. The molecule has 1 heterocycles. The number of rotatable bonds is 3. The van der Waals surface area contributed by atoms with E-state index in [2.05, 4.69) is 15.0 Å². The van der Waals surface area contributed by atoms with Gasteiger partial charge in [-0.25, -0.2) is 23.7 Å². The monoisotopic (exact) mass is 177 g/mol. The summed E-state index contributed by atoms with van der Waals surface area (Å²) in [5, 5.41) is 0. The highest BCUT2D eigenvalue weighted by Gasteiger charge is 2.24. The SMILES string of the molecule is FCC(c1ncncn1)C(F)F. The summed E-state index contributed by atoms with van der Waals surface area (Å²) in [6, 6.07) is 0. The zero-order valence-corrected chi connectivity index (χ0v) is 5.99. The molecule has 0 saturated heterocycles. The van der Waals surface area contributed by atoms with E-state index in [-0.39, 0.29) is 5.82 Å². The summed E-state index contributed by atoms with van der Waals surface area (Å²) in [6.07, 6.45) is -0.654. The minimum Gasteiger partial charge on any atom is -0.250 e. The van der Waals surface area contributed by atoms with Crippen molar-refractivity contribution < 1.29 is 13.2 Å². The summed E-state index contributed by atoms with van der Waals surface area (Å²) >= 11 is 0. The van der Waals surface area contributed by atoms with Gasteiger partial charge in [0.05, 0.1) is 0 Å². The largest absolute Gasteiger partial charge is 0.251 e. The van der Waals surface area contributed by atoms with Crippen LogP contribution in [0.25, 0.3) is 0 Å². The quantitative estimate of drug-likeness (QED) is 0.696. The van der Waals surface area contributed by atoms with Crippen LogP contribution in [0.1, 0.15) is 11.7 Å². The second-order valence-electron chi connectivity index (χ2n) is 2.09. The first-order valence-electron chi connectivity index (χ1n) is 3.21.